The van der Waals surface area contributed by atoms with Gasteiger partial charge in [0, 0.05) is 29.3 Å². The van der Waals surface area contributed by atoms with Gasteiger partial charge in [-0.05, 0) is 49.2 Å². The van der Waals surface area contributed by atoms with Crippen LogP contribution < -0.4 is 10.6 Å². The number of halogens is 1. The lowest BCUT2D eigenvalue weighted by molar-refractivity contribution is 0.252. The minimum absolute atomic E-state index is 0.250. The minimum atomic E-state index is -0.261. The molecule has 5 heteroatoms. The Labute approximate surface area is 133 Å². The number of amides is 2. The van der Waals surface area contributed by atoms with Crippen molar-refractivity contribution in [2.75, 3.05) is 11.9 Å². The summed E-state index contributed by atoms with van der Waals surface area (Å²) in [5, 5.41) is 6.44. The van der Waals surface area contributed by atoms with Gasteiger partial charge in [0.2, 0.25) is 0 Å². The van der Waals surface area contributed by atoms with Crippen molar-refractivity contribution < 1.29 is 9.18 Å². The summed E-state index contributed by atoms with van der Waals surface area (Å²) in [5.74, 6) is -0.261. The Morgan fingerprint density at radius 2 is 1.96 bits per heavy atom. The molecule has 0 spiro atoms. The Balaban J connectivity index is 1.55. The van der Waals surface area contributed by atoms with Crippen LogP contribution in [0.15, 0.2) is 48.7 Å². The summed E-state index contributed by atoms with van der Waals surface area (Å²) in [6.07, 6.45) is 2.48. The van der Waals surface area contributed by atoms with Gasteiger partial charge in [-0.25, -0.2) is 9.18 Å². The number of carbonyl (C=O) groups is 1. The summed E-state index contributed by atoms with van der Waals surface area (Å²) in [4.78, 5) is 15.0. The molecule has 0 fully saturated rings. The molecule has 1 heterocycles. The maximum atomic E-state index is 13.3. The Hall–Kier alpha value is -2.82. The molecule has 0 aliphatic rings. The third-order valence-corrected chi connectivity index (χ3v) is 3.72. The average Bonchev–Trinajstić information content (AvgIpc) is 2.92. The van der Waals surface area contributed by atoms with Gasteiger partial charge in [0.25, 0.3) is 0 Å². The zero-order chi connectivity index (χ0) is 16.2. The standard InChI is InChI=1S/C18H18FN3O/c1-12-2-5-15(6-3-12)22-18(23)20-9-8-13-11-21-17-7-4-14(19)10-16(13)17/h2-7,10-11,21H,8-9H2,1H3,(H2,20,22,23). The average molecular weight is 311 g/mol. The topological polar surface area (TPSA) is 56.9 Å². The van der Waals surface area contributed by atoms with Crippen LogP contribution in [0.3, 0.4) is 0 Å². The van der Waals surface area contributed by atoms with Crippen LogP contribution in [0.5, 0.6) is 0 Å². The fourth-order valence-corrected chi connectivity index (χ4v) is 2.48. The molecule has 3 rings (SSSR count). The van der Waals surface area contributed by atoms with Crippen molar-refractivity contribution in [2.24, 2.45) is 0 Å². The number of rotatable bonds is 4. The molecule has 3 N–H and O–H groups in total. The molecule has 23 heavy (non-hydrogen) atoms. The smallest absolute Gasteiger partial charge is 0.319 e. The number of benzene rings is 2. The Bertz CT molecular complexity index is 824. The largest absolute Gasteiger partial charge is 0.361 e. The number of fused-ring (bicyclic) bond motifs is 1. The van der Waals surface area contributed by atoms with E-state index in [1.165, 1.54) is 12.1 Å². The van der Waals surface area contributed by atoms with Gasteiger partial charge in [0.15, 0.2) is 0 Å². The molecule has 3 aromatic rings. The van der Waals surface area contributed by atoms with E-state index in [0.717, 1.165) is 27.7 Å². The normalized spacial score (nSPS) is 10.7. The Morgan fingerprint density at radius 1 is 1.17 bits per heavy atom. The highest BCUT2D eigenvalue weighted by Crippen LogP contribution is 2.19. The fraction of sp³-hybridized carbons (Fsp3) is 0.167. The lowest BCUT2D eigenvalue weighted by atomic mass is 10.1. The third kappa shape index (κ3) is 3.69. The van der Waals surface area contributed by atoms with Crippen LogP contribution in [0.25, 0.3) is 10.9 Å². The summed E-state index contributed by atoms with van der Waals surface area (Å²) in [7, 11) is 0. The number of aromatic nitrogens is 1. The van der Waals surface area contributed by atoms with Crippen molar-refractivity contribution in [3.8, 4) is 0 Å². The Morgan fingerprint density at radius 3 is 2.74 bits per heavy atom. The highest BCUT2D eigenvalue weighted by molar-refractivity contribution is 5.89. The fourth-order valence-electron chi connectivity index (χ4n) is 2.48. The summed E-state index contributed by atoms with van der Waals surface area (Å²) in [5.41, 5.74) is 3.77. The van der Waals surface area contributed by atoms with Crippen LogP contribution in [0, 0.1) is 12.7 Å². The first-order valence-electron chi connectivity index (χ1n) is 7.49. The van der Waals surface area contributed by atoms with Crippen LogP contribution >= 0.6 is 0 Å². The number of urea groups is 1. The van der Waals surface area contributed by atoms with Gasteiger partial charge < -0.3 is 15.6 Å². The molecule has 0 aliphatic heterocycles. The van der Waals surface area contributed by atoms with E-state index in [4.69, 9.17) is 0 Å². The zero-order valence-electron chi connectivity index (χ0n) is 12.8. The van der Waals surface area contributed by atoms with Gasteiger partial charge in [-0.2, -0.15) is 0 Å². The van der Waals surface area contributed by atoms with Crippen LogP contribution in [-0.2, 0) is 6.42 Å². The van der Waals surface area contributed by atoms with Crippen LogP contribution in [0.2, 0.25) is 0 Å². The lowest BCUT2D eigenvalue weighted by Crippen LogP contribution is -2.30. The van der Waals surface area contributed by atoms with Crippen LogP contribution in [0.4, 0.5) is 14.9 Å². The van der Waals surface area contributed by atoms with E-state index in [1.807, 2.05) is 37.4 Å². The van der Waals surface area contributed by atoms with Gasteiger partial charge in [0.05, 0.1) is 0 Å². The number of hydrogen-bond acceptors (Lipinski definition) is 1. The number of H-pyrrole nitrogens is 1. The number of aromatic amines is 1. The van der Waals surface area contributed by atoms with Crippen molar-refractivity contribution >= 4 is 22.6 Å². The second-order valence-electron chi connectivity index (χ2n) is 5.50. The summed E-state index contributed by atoms with van der Waals surface area (Å²) < 4.78 is 13.3. The highest BCUT2D eigenvalue weighted by Gasteiger charge is 2.06. The number of nitrogens with one attached hydrogen (secondary N) is 3. The van der Waals surface area contributed by atoms with Crippen LogP contribution in [-0.4, -0.2) is 17.6 Å². The van der Waals surface area contributed by atoms with Crippen molar-refractivity contribution in [1.82, 2.24) is 10.3 Å². The predicted molar refractivity (Wildman–Crippen MR) is 90.2 cm³/mol. The molecule has 0 bridgehead atoms. The second-order valence-corrected chi connectivity index (χ2v) is 5.50. The molecule has 1 aromatic heterocycles. The lowest BCUT2D eigenvalue weighted by Gasteiger charge is -2.07. The summed E-state index contributed by atoms with van der Waals surface area (Å²) in [6.45, 7) is 2.47. The number of carbonyl (C=O) groups excluding carboxylic acids is 1. The maximum Gasteiger partial charge on any atom is 0.319 e. The quantitative estimate of drug-likeness (QED) is 0.670. The SMILES string of the molecule is Cc1ccc(NC(=O)NCCc2c[nH]c3ccc(F)cc23)cc1. The molecule has 0 aliphatic carbocycles. The van der Waals surface area contributed by atoms with E-state index in [1.54, 1.807) is 6.07 Å². The summed E-state index contributed by atoms with van der Waals surface area (Å²) in [6, 6.07) is 12.0. The van der Waals surface area contributed by atoms with Gasteiger partial charge in [-0.3, -0.25) is 0 Å². The van der Waals surface area contributed by atoms with Crippen molar-refractivity contribution in [3.63, 3.8) is 0 Å². The van der Waals surface area contributed by atoms with Crippen molar-refractivity contribution in [2.45, 2.75) is 13.3 Å². The monoisotopic (exact) mass is 311 g/mol. The van der Waals surface area contributed by atoms with Gasteiger partial charge in [-0.15, -0.1) is 0 Å². The minimum Gasteiger partial charge on any atom is -0.361 e. The first-order chi connectivity index (χ1) is 11.1. The van der Waals surface area contributed by atoms with E-state index >= 15 is 0 Å². The molecule has 0 unspecified atom stereocenters. The molecular weight excluding hydrogens is 293 g/mol. The summed E-state index contributed by atoms with van der Waals surface area (Å²) >= 11 is 0. The molecule has 0 saturated carbocycles. The zero-order valence-corrected chi connectivity index (χ0v) is 12.8. The maximum absolute atomic E-state index is 13.3. The molecule has 4 nitrogen and oxygen atoms in total. The van der Waals surface area contributed by atoms with E-state index < -0.39 is 0 Å². The first-order valence-corrected chi connectivity index (χ1v) is 7.49. The van der Waals surface area contributed by atoms with E-state index in [-0.39, 0.29) is 11.8 Å². The molecule has 0 saturated heterocycles. The molecule has 0 radical (unpaired) electrons. The van der Waals surface area contributed by atoms with E-state index in [9.17, 15) is 9.18 Å². The number of aryl methyl sites for hydroxylation is 1. The third-order valence-electron chi connectivity index (χ3n) is 3.72. The molecule has 2 aromatic carbocycles. The van der Waals surface area contributed by atoms with Crippen molar-refractivity contribution in [3.05, 3.63) is 65.6 Å². The number of anilines is 1. The van der Waals surface area contributed by atoms with Gasteiger partial charge in [0.1, 0.15) is 5.82 Å². The highest BCUT2D eigenvalue weighted by atomic mass is 19.1. The van der Waals surface area contributed by atoms with Gasteiger partial charge >= 0.3 is 6.03 Å². The van der Waals surface area contributed by atoms with E-state index in [0.29, 0.717) is 13.0 Å². The second kappa shape index (κ2) is 6.52. The number of hydrogen-bond donors (Lipinski definition) is 3. The molecule has 118 valence electrons. The molecular formula is C18H18FN3O. The van der Waals surface area contributed by atoms with Crippen molar-refractivity contribution in [1.29, 1.82) is 0 Å². The molecule has 0 atom stereocenters. The predicted octanol–water partition coefficient (Wildman–Crippen LogP) is 3.98. The van der Waals surface area contributed by atoms with E-state index in [2.05, 4.69) is 15.6 Å². The first kappa shape index (κ1) is 15.1. The Kier molecular flexibility index (Phi) is 4.28. The van der Waals surface area contributed by atoms with Gasteiger partial charge in [-0.1, -0.05) is 17.7 Å². The molecule has 2 amide bonds. The van der Waals surface area contributed by atoms with Crippen LogP contribution in [0.1, 0.15) is 11.1 Å².